The number of carbonyl (C=O) groups is 1. The van der Waals surface area contributed by atoms with Crippen molar-refractivity contribution in [3.63, 3.8) is 0 Å². The summed E-state index contributed by atoms with van der Waals surface area (Å²) in [7, 11) is 0. The standard InChI is InChI=1S/C12H11BrClNO2/c1-2-17-11(16)5-8-3-4-9(6-14)12(13)10(8)7-15/h3-4H,2,5-6H2,1H3. The third-order valence-corrected chi connectivity index (χ3v) is 3.40. The van der Waals surface area contributed by atoms with E-state index < -0.39 is 0 Å². The Morgan fingerprint density at radius 3 is 2.71 bits per heavy atom. The number of esters is 1. The molecular weight excluding hydrogens is 305 g/mol. The Morgan fingerprint density at radius 1 is 1.53 bits per heavy atom. The minimum Gasteiger partial charge on any atom is -0.466 e. The molecule has 5 heteroatoms. The lowest BCUT2D eigenvalue weighted by molar-refractivity contribution is -0.142. The van der Waals surface area contributed by atoms with Crippen molar-refractivity contribution in [2.75, 3.05) is 6.61 Å². The Hall–Kier alpha value is -1.05. The summed E-state index contributed by atoms with van der Waals surface area (Å²) >= 11 is 9.06. The van der Waals surface area contributed by atoms with Crippen LogP contribution in [0.25, 0.3) is 0 Å². The van der Waals surface area contributed by atoms with Gasteiger partial charge in [-0.05, 0) is 34.0 Å². The third-order valence-electron chi connectivity index (χ3n) is 2.20. The maximum atomic E-state index is 11.4. The Balaban J connectivity index is 3.06. The van der Waals surface area contributed by atoms with Crippen LogP contribution in [0.15, 0.2) is 16.6 Å². The quantitative estimate of drug-likeness (QED) is 0.633. The van der Waals surface area contributed by atoms with Gasteiger partial charge in [-0.2, -0.15) is 5.26 Å². The highest BCUT2D eigenvalue weighted by atomic mass is 79.9. The van der Waals surface area contributed by atoms with Gasteiger partial charge in [0, 0.05) is 10.4 Å². The first kappa shape index (κ1) is 14.0. The van der Waals surface area contributed by atoms with Gasteiger partial charge < -0.3 is 4.74 Å². The van der Waals surface area contributed by atoms with E-state index in [-0.39, 0.29) is 12.4 Å². The van der Waals surface area contributed by atoms with Gasteiger partial charge in [0.25, 0.3) is 0 Å². The van der Waals surface area contributed by atoms with E-state index in [1.165, 1.54) is 0 Å². The van der Waals surface area contributed by atoms with Gasteiger partial charge in [-0.15, -0.1) is 11.6 Å². The predicted molar refractivity (Wildman–Crippen MR) is 68.8 cm³/mol. The molecule has 0 saturated heterocycles. The molecule has 3 nitrogen and oxygen atoms in total. The molecule has 0 saturated carbocycles. The summed E-state index contributed by atoms with van der Waals surface area (Å²) in [6.07, 6.45) is 0.0951. The van der Waals surface area contributed by atoms with E-state index in [0.717, 1.165) is 5.56 Å². The van der Waals surface area contributed by atoms with E-state index >= 15 is 0 Å². The van der Waals surface area contributed by atoms with E-state index in [0.29, 0.717) is 28.1 Å². The number of nitriles is 1. The van der Waals surface area contributed by atoms with Gasteiger partial charge in [-0.1, -0.05) is 12.1 Å². The second-order valence-corrected chi connectivity index (χ2v) is 4.36. The molecule has 1 aromatic carbocycles. The van der Waals surface area contributed by atoms with Crippen molar-refractivity contribution < 1.29 is 9.53 Å². The summed E-state index contributed by atoms with van der Waals surface area (Å²) in [5.41, 5.74) is 1.92. The Bertz CT molecular complexity index is 468. The number of carbonyl (C=O) groups excluding carboxylic acids is 1. The molecule has 0 aliphatic heterocycles. The molecule has 0 fully saturated rings. The molecule has 0 heterocycles. The maximum Gasteiger partial charge on any atom is 0.310 e. The molecule has 0 amide bonds. The minimum atomic E-state index is -0.338. The van der Waals surface area contributed by atoms with Gasteiger partial charge in [-0.3, -0.25) is 4.79 Å². The maximum absolute atomic E-state index is 11.4. The first-order valence-corrected chi connectivity index (χ1v) is 6.38. The van der Waals surface area contributed by atoms with Crippen molar-refractivity contribution in [2.24, 2.45) is 0 Å². The van der Waals surface area contributed by atoms with Gasteiger partial charge >= 0.3 is 5.97 Å². The van der Waals surface area contributed by atoms with Crippen LogP contribution < -0.4 is 0 Å². The van der Waals surface area contributed by atoms with E-state index in [2.05, 4.69) is 22.0 Å². The highest BCUT2D eigenvalue weighted by Crippen LogP contribution is 2.26. The number of rotatable bonds is 4. The Labute approximate surface area is 113 Å². The van der Waals surface area contributed by atoms with Gasteiger partial charge in [0.2, 0.25) is 0 Å². The zero-order valence-corrected chi connectivity index (χ0v) is 11.6. The van der Waals surface area contributed by atoms with E-state index in [1.54, 1.807) is 19.1 Å². The zero-order chi connectivity index (χ0) is 12.8. The molecule has 0 aliphatic rings. The van der Waals surface area contributed by atoms with Crippen molar-refractivity contribution >= 4 is 33.5 Å². The molecule has 0 N–H and O–H groups in total. The van der Waals surface area contributed by atoms with Crippen LogP contribution in [-0.2, 0) is 21.8 Å². The van der Waals surface area contributed by atoms with Crippen molar-refractivity contribution in [1.29, 1.82) is 5.26 Å². The molecule has 0 aliphatic carbocycles. The average molecular weight is 317 g/mol. The Morgan fingerprint density at radius 2 is 2.18 bits per heavy atom. The summed E-state index contributed by atoms with van der Waals surface area (Å²) < 4.78 is 5.50. The van der Waals surface area contributed by atoms with Crippen molar-refractivity contribution in [2.45, 2.75) is 19.2 Å². The smallest absolute Gasteiger partial charge is 0.310 e. The molecule has 1 rings (SSSR count). The molecule has 0 bridgehead atoms. The van der Waals surface area contributed by atoms with Crippen LogP contribution in [0.3, 0.4) is 0 Å². The van der Waals surface area contributed by atoms with Crippen LogP contribution in [0.2, 0.25) is 0 Å². The number of benzene rings is 1. The first-order chi connectivity index (χ1) is 8.13. The number of alkyl halides is 1. The fourth-order valence-electron chi connectivity index (χ4n) is 1.40. The Kier molecular flexibility index (Phi) is 5.46. The first-order valence-electron chi connectivity index (χ1n) is 5.06. The molecule has 0 unspecified atom stereocenters. The highest BCUT2D eigenvalue weighted by Gasteiger charge is 2.13. The number of hydrogen-bond acceptors (Lipinski definition) is 3. The predicted octanol–water partition coefficient (Wildman–Crippen LogP) is 3.17. The molecular formula is C12H11BrClNO2. The van der Waals surface area contributed by atoms with E-state index in [4.69, 9.17) is 21.6 Å². The van der Waals surface area contributed by atoms with E-state index in [1.807, 2.05) is 0 Å². The monoisotopic (exact) mass is 315 g/mol. The summed E-state index contributed by atoms with van der Waals surface area (Å²) in [5, 5.41) is 9.09. The SMILES string of the molecule is CCOC(=O)Cc1ccc(CCl)c(Br)c1C#N. The van der Waals surface area contributed by atoms with Gasteiger partial charge in [0.1, 0.15) is 6.07 Å². The number of halogens is 2. The van der Waals surface area contributed by atoms with Crippen molar-refractivity contribution in [1.82, 2.24) is 0 Å². The summed E-state index contributed by atoms with van der Waals surface area (Å²) in [5.74, 6) is -0.0240. The average Bonchev–Trinajstić information content (AvgIpc) is 2.30. The van der Waals surface area contributed by atoms with Crippen LogP contribution in [-0.4, -0.2) is 12.6 Å². The van der Waals surface area contributed by atoms with Gasteiger partial charge in [0.05, 0.1) is 18.6 Å². The summed E-state index contributed by atoms with van der Waals surface area (Å²) in [4.78, 5) is 11.4. The van der Waals surface area contributed by atoms with Crippen LogP contribution in [0.1, 0.15) is 23.6 Å². The lowest BCUT2D eigenvalue weighted by atomic mass is 10.0. The van der Waals surface area contributed by atoms with Crippen molar-refractivity contribution in [3.05, 3.63) is 33.3 Å². The number of nitrogens with zero attached hydrogens (tertiary/aromatic N) is 1. The van der Waals surface area contributed by atoms with Crippen LogP contribution in [0.4, 0.5) is 0 Å². The largest absolute Gasteiger partial charge is 0.466 e. The van der Waals surface area contributed by atoms with Gasteiger partial charge in [0.15, 0.2) is 0 Å². The molecule has 0 aromatic heterocycles. The van der Waals surface area contributed by atoms with Crippen LogP contribution >= 0.6 is 27.5 Å². The van der Waals surface area contributed by atoms with Crippen LogP contribution in [0.5, 0.6) is 0 Å². The van der Waals surface area contributed by atoms with Crippen LogP contribution in [0, 0.1) is 11.3 Å². The number of hydrogen-bond donors (Lipinski definition) is 0. The topological polar surface area (TPSA) is 50.1 Å². The fraction of sp³-hybridized carbons (Fsp3) is 0.333. The lowest BCUT2D eigenvalue weighted by Crippen LogP contribution is -2.09. The minimum absolute atomic E-state index is 0.0951. The summed E-state index contributed by atoms with van der Waals surface area (Å²) in [6.45, 7) is 2.08. The van der Waals surface area contributed by atoms with E-state index in [9.17, 15) is 4.79 Å². The normalized spacial score (nSPS) is 9.76. The summed E-state index contributed by atoms with van der Waals surface area (Å²) in [6, 6.07) is 5.60. The lowest BCUT2D eigenvalue weighted by Gasteiger charge is -2.08. The molecule has 0 spiro atoms. The molecule has 0 radical (unpaired) electrons. The fourth-order valence-corrected chi connectivity index (χ4v) is 2.40. The van der Waals surface area contributed by atoms with Crippen molar-refractivity contribution in [3.8, 4) is 6.07 Å². The second kappa shape index (κ2) is 6.63. The zero-order valence-electron chi connectivity index (χ0n) is 9.30. The highest BCUT2D eigenvalue weighted by molar-refractivity contribution is 9.10. The molecule has 0 atom stereocenters. The third kappa shape index (κ3) is 3.45. The second-order valence-electron chi connectivity index (χ2n) is 3.30. The molecule has 17 heavy (non-hydrogen) atoms. The van der Waals surface area contributed by atoms with Gasteiger partial charge in [-0.25, -0.2) is 0 Å². The number of ether oxygens (including phenoxy) is 1. The molecule has 90 valence electrons. The molecule has 1 aromatic rings.